The Balaban J connectivity index is 2.58. The molecule has 0 unspecified atom stereocenters. The van der Waals surface area contributed by atoms with E-state index in [-0.39, 0.29) is 11.6 Å². The summed E-state index contributed by atoms with van der Waals surface area (Å²) < 4.78 is 24.4. The molecule has 2 rings (SSSR count). The van der Waals surface area contributed by atoms with Crippen LogP contribution in [-0.2, 0) is 14.8 Å². The fourth-order valence-corrected chi connectivity index (χ4v) is 1.88. The van der Waals surface area contributed by atoms with Gasteiger partial charge in [0.05, 0.1) is 11.0 Å². The maximum absolute atomic E-state index is 11.4. The van der Waals surface area contributed by atoms with Crippen molar-refractivity contribution in [2.75, 3.05) is 0 Å². The molecule has 0 saturated heterocycles. The average Bonchev–Trinajstić information content (AvgIpc) is 2.61. The number of aromatic nitrogens is 2. The molecule has 0 aliphatic rings. The molecule has 2 N–H and O–H groups in total. The van der Waals surface area contributed by atoms with E-state index in [9.17, 15) is 13.2 Å². The summed E-state index contributed by atoms with van der Waals surface area (Å²) in [7, 11) is -3.86. The van der Waals surface area contributed by atoms with Gasteiger partial charge in [0.2, 0.25) is 11.6 Å². The van der Waals surface area contributed by atoms with Gasteiger partial charge in [-0.05, 0) is 12.1 Å². The second-order valence-corrected chi connectivity index (χ2v) is 4.43. The molecule has 0 fully saturated rings. The summed E-state index contributed by atoms with van der Waals surface area (Å²) in [5.41, 5.74) is 1.13. The SMILES string of the molecule is O=CNS(=O)(=O)c1nc2ccccc2[nH]1. The van der Waals surface area contributed by atoms with Crippen LogP contribution in [0.3, 0.4) is 0 Å². The van der Waals surface area contributed by atoms with Crippen molar-refractivity contribution in [1.82, 2.24) is 14.7 Å². The zero-order valence-electron chi connectivity index (χ0n) is 7.47. The minimum absolute atomic E-state index is 0.0997. The van der Waals surface area contributed by atoms with Crippen LogP contribution in [0.4, 0.5) is 0 Å². The van der Waals surface area contributed by atoms with E-state index in [1.165, 1.54) is 0 Å². The van der Waals surface area contributed by atoms with Crippen LogP contribution in [0.1, 0.15) is 0 Å². The van der Waals surface area contributed by atoms with E-state index < -0.39 is 10.0 Å². The quantitative estimate of drug-likeness (QED) is 0.719. The predicted molar refractivity (Wildman–Crippen MR) is 52.5 cm³/mol. The Hall–Kier alpha value is -1.89. The number of rotatable bonds is 3. The normalized spacial score (nSPS) is 11.5. The van der Waals surface area contributed by atoms with Gasteiger partial charge in [0, 0.05) is 0 Å². The van der Waals surface area contributed by atoms with Gasteiger partial charge in [-0.25, -0.2) is 9.71 Å². The number of hydrogen-bond donors (Lipinski definition) is 2. The summed E-state index contributed by atoms with van der Waals surface area (Å²) in [6.45, 7) is 0. The van der Waals surface area contributed by atoms with Crippen molar-refractivity contribution in [1.29, 1.82) is 0 Å². The molecule has 0 spiro atoms. The van der Waals surface area contributed by atoms with Crippen LogP contribution in [0.15, 0.2) is 29.4 Å². The summed E-state index contributed by atoms with van der Waals surface area (Å²) in [5.74, 6) is 0. The van der Waals surface area contributed by atoms with Crippen LogP contribution in [0, 0.1) is 0 Å². The van der Waals surface area contributed by atoms with Crippen LogP contribution in [0.2, 0.25) is 0 Å². The van der Waals surface area contributed by atoms with E-state index in [0.717, 1.165) is 0 Å². The lowest BCUT2D eigenvalue weighted by Crippen LogP contribution is -2.22. The van der Waals surface area contributed by atoms with Crippen LogP contribution >= 0.6 is 0 Å². The molecule has 7 heteroatoms. The maximum Gasteiger partial charge on any atom is 0.297 e. The standard InChI is InChI=1S/C8H7N3O3S/c12-5-9-15(13,14)8-10-6-3-1-2-4-7(6)11-8/h1-5H,(H,9,12)(H,10,11). The van der Waals surface area contributed by atoms with Crippen molar-refractivity contribution in [3.63, 3.8) is 0 Å². The third kappa shape index (κ3) is 1.68. The molecule has 0 radical (unpaired) electrons. The van der Waals surface area contributed by atoms with Gasteiger partial charge in [-0.2, -0.15) is 8.42 Å². The first-order valence-electron chi connectivity index (χ1n) is 4.04. The van der Waals surface area contributed by atoms with Gasteiger partial charge in [0.1, 0.15) is 0 Å². The van der Waals surface area contributed by atoms with E-state index in [4.69, 9.17) is 0 Å². The highest BCUT2D eigenvalue weighted by atomic mass is 32.2. The first-order valence-corrected chi connectivity index (χ1v) is 5.52. The highest BCUT2D eigenvalue weighted by Gasteiger charge is 2.17. The summed E-state index contributed by atoms with van der Waals surface area (Å²) >= 11 is 0. The van der Waals surface area contributed by atoms with E-state index in [2.05, 4.69) is 9.97 Å². The number of carbonyl (C=O) groups is 1. The number of carbonyl (C=O) groups excluding carboxylic acids is 1. The van der Waals surface area contributed by atoms with Crippen LogP contribution in [0.25, 0.3) is 11.0 Å². The summed E-state index contributed by atoms with van der Waals surface area (Å²) in [4.78, 5) is 16.5. The topological polar surface area (TPSA) is 91.9 Å². The van der Waals surface area contributed by atoms with Gasteiger partial charge in [-0.3, -0.25) is 4.79 Å². The summed E-state index contributed by atoms with van der Waals surface area (Å²) in [5, 5.41) is -0.268. The van der Waals surface area contributed by atoms with Gasteiger partial charge < -0.3 is 4.98 Å². The monoisotopic (exact) mass is 225 g/mol. The number of imidazole rings is 1. The van der Waals surface area contributed by atoms with Crippen LogP contribution < -0.4 is 4.72 Å². The van der Waals surface area contributed by atoms with Gasteiger partial charge in [0.25, 0.3) is 10.0 Å². The molecule has 0 bridgehead atoms. The largest absolute Gasteiger partial charge is 0.327 e. The Labute approximate surface area is 85.4 Å². The van der Waals surface area contributed by atoms with Crippen molar-refractivity contribution >= 4 is 27.5 Å². The second kappa shape index (κ2) is 3.35. The smallest absolute Gasteiger partial charge is 0.297 e. The number of nitrogens with zero attached hydrogens (tertiary/aromatic N) is 1. The fraction of sp³-hybridized carbons (Fsp3) is 0. The van der Waals surface area contributed by atoms with E-state index in [1.54, 1.807) is 29.0 Å². The Bertz CT molecular complexity index is 569. The number of sulfonamides is 1. The first kappa shape index (κ1) is 9.66. The van der Waals surface area contributed by atoms with Crippen molar-refractivity contribution in [2.45, 2.75) is 5.16 Å². The first-order chi connectivity index (χ1) is 7.13. The molecule has 2 aromatic rings. The molecule has 6 nitrogen and oxygen atoms in total. The second-order valence-electron chi connectivity index (χ2n) is 2.80. The number of H-pyrrole nitrogens is 1. The van der Waals surface area contributed by atoms with Crippen LogP contribution in [0.5, 0.6) is 0 Å². The lowest BCUT2D eigenvalue weighted by atomic mass is 10.3. The number of amides is 1. The lowest BCUT2D eigenvalue weighted by molar-refractivity contribution is -0.108. The Kier molecular flexibility index (Phi) is 2.16. The van der Waals surface area contributed by atoms with Gasteiger partial charge in [-0.15, -0.1) is 0 Å². The van der Waals surface area contributed by atoms with Crippen molar-refractivity contribution < 1.29 is 13.2 Å². The fourth-order valence-electron chi connectivity index (χ4n) is 1.18. The minimum Gasteiger partial charge on any atom is -0.327 e. The minimum atomic E-state index is -3.86. The van der Waals surface area contributed by atoms with Gasteiger partial charge >= 0.3 is 0 Å². The van der Waals surface area contributed by atoms with E-state index in [0.29, 0.717) is 11.0 Å². The highest BCUT2D eigenvalue weighted by Crippen LogP contribution is 2.12. The number of nitrogens with one attached hydrogen (secondary N) is 2. The molecule has 1 aromatic heterocycles. The molecule has 0 atom stereocenters. The van der Waals surface area contributed by atoms with Crippen molar-refractivity contribution in [3.8, 4) is 0 Å². The van der Waals surface area contributed by atoms with Crippen LogP contribution in [-0.4, -0.2) is 24.8 Å². The molecule has 1 amide bonds. The predicted octanol–water partition coefficient (Wildman–Crippen LogP) is -0.00240. The zero-order valence-corrected chi connectivity index (χ0v) is 8.28. The molecule has 0 saturated carbocycles. The maximum atomic E-state index is 11.4. The molecule has 78 valence electrons. The highest BCUT2D eigenvalue weighted by molar-refractivity contribution is 7.89. The van der Waals surface area contributed by atoms with E-state index in [1.807, 2.05) is 0 Å². The molecular formula is C8H7N3O3S. The number of aromatic amines is 1. The molecular weight excluding hydrogens is 218 g/mol. The number of fused-ring (bicyclic) bond motifs is 1. The zero-order chi connectivity index (χ0) is 10.9. The third-order valence-electron chi connectivity index (χ3n) is 1.83. The lowest BCUT2D eigenvalue weighted by Gasteiger charge is -1.94. The molecule has 1 aromatic carbocycles. The summed E-state index contributed by atoms with van der Waals surface area (Å²) in [6, 6.07) is 6.87. The average molecular weight is 225 g/mol. The number of hydrogen-bond acceptors (Lipinski definition) is 4. The Morgan fingerprint density at radius 2 is 2.07 bits per heavy atom. The Morgan fingerprint density at radius 1 is 1.33 bits per heavy atom. The molecule has 1 heterocycles. The third-order valence-corrected chi connectivity index (χ3v) is 2.93. The van der Waals surface area contributed by atoms with Crippen molar-refractivity contribution in [2.24, 2.45) is 0 Å². The summed E-state index contributed by atoms with van der Waals surface area (Å²) in [6.07, 6.45) is 0.0997. The Morgan fingerprint density at radius 3 is 2.73 bits per heavy atom. The number of para-hydroxylation sites is 2. The number of benzene rings is 1. The van der Waals surface area contributed by atoms with E-state index >= 15 is 0 Å². The molecule has 0 aliphatic heterocycles. The molecule has 0 aliphatic carbocycles. The van der Waals surface area contributed by atoms with Crippen molar-refractivity contribution in [3.05, 3.63) is 24.3 Å². The van der Waals surface area contributed by atoms with Gasteiger partial charge in [-0.1, -0.05) is 12.1 Å². The molecule has 15 heavy (non-hydrogen) atoms. The van der Waals surface area contributed by atoms with Gasteiger partial charge in [0.15, 0.2) is 0 Å².